The van der Waals surface area contributed by atoms with E-state index in [-0.39, 0.29) is 5.92 Å². The van der Waals surface area contributed by atoms with Gasteiger partial charge in [-0.05, 0) is 45.4 Å². The van der Waals surface area contributed by atoms with Crippen LogP contribution in [0.3, 0.4) is 0 Å². The number of carbonyl (C=O) groups is 1. The van der Waals surface area contributed by atoms with Crippen LogP contribution < -0.4 is 0 Å². The van der Waals surface area contributed by atoms with Crippen LogP contribution in [0.1, 0.15) is 45.4 Å². The van der Waals surface area contributed by atoms with E-state index in [4.69, 9.17) is 0 Å². The maximum atomic E-state index is 12.3. The van der Waals surface area contributed by atoms with Crippen molar-refractivity contribution in [2.24, 2.45) is 5.92 Å². The van der Waals surface area contributed by atoms with Gasteiger partial charge in [-0.15, -0.1) is 0 Å². The molecular weight excluding hydrogens is 186 g/mol. The number of rotatable bonds is 1. The molecule has 0 bridgehead atoms. The lowest BCUT2D eigenvalue weighted by molar-refractivity contribution is -0.139. The van der Waals surface area contributed by atoms with Gasteiger partial charge < -0.3 is 4.90 Å². The molecule has 1 fully saturated rings. The average molecular weight is 207 g/mol. The Balaban J connectivity index is 1.96. The van der Waals surface area contributed by atoms with Crippen molar-refractivity contribution in [3.8, 4) is 0 Å². The van der Waals surface area contributed by atoms with E-state index in [2.05, 4.69) is 24.0 Å². The molecule has 2 aliphatic rings. The number of likely N-dealkylation sites (tertiary alicyclic amines) is 1. The zero-order valence-electron chi connectivity index (χ0n) is 9.61. The second-order valence-corrected chi connectivity index (χ2v) is 4.86. The van der Waals surface area contributed by atoms with E-state index in [1.165, 1.54) is 19.3 Å². The maximum absolute atomic E-state index is 12.3. The summed E-state index contributed by atoms with van der Waals surface area (Å²) in [6.45, 7) is 3.18. The third kappa shape index (κ3) is 2.42. The lowest BCUT2D eigenvalue weighted by atomic mass is 9.91. The molecule has 2 atom stereocenters. The van der Waals surface area contributed by atoms with E-state index < -0.39 is 0 Å². The molecule has 2 nitrogen and oxygen atoms in total. The third-order valence-electron chi connectivity index (χ3n) is 3.70. The Labute approximate surface area is 92.3 Å². The van der Waals surface area contributed by atoms with Crippen molar-refractivity contribution >= 4 is 5.91 Å². The Morgan fingerprint density at radius 1 is 1.27 bits per heavy atom. The summed E-state index contributed by atoms with van der Waals surface area (Å²) in [6, 6.07) is 0.470. The number of piperidine rings is 1. The predicted octanol–water partition coefficient (Wildman–Crippen LogP) is 2.74. The van der Waals surface area contributed by atoms with Gasteiger partial charge in [0.2, 0.25) is 5.91 Å². The van der Waals surface area contributed by atoms with Gasteiger partial charge in [0.25, 0.3) is 0 Å². The van der Waals surface area contributed by atoms with Crippen molar-refractivity contribution in [2.75, 3.05) is 6.54 Å². The summed E-state index contributed by atoms with van der Waals surface area (Å²) in [7, 11) is 0. The fourth-order valence-electron chi connectivity index (χ4n) is 2.68. The van der Waals surface area contributed by atoms with Crippen LogP contribution in [-0.2, 0) is 4.79 Å². The minimum atomic E-state index is 0.274. The molecule has 2 unspecified atom stereocenters. The summed E-state index contributed by atoms with van der Waals surface area (Å²) in [6.07, 6.45) is 11.1. The molecule has 0 N–H and O–H groups in total. The lowest BCUT2D eigenvalue weighted by Crippen LogP contribution is -2.45. The van der Waals surface area contributed by atoms with Crippen LogP contribution in [-0.4, -0.2) is 23.4 Å². The van der Waals surface area contributed by atoms with E-state index in [9.17, 15) is 4.79 Å². The molecule has 0 aromatic rings. The highest BCUT2D eigenvalue weighted by atomic mass is 16.2. The summed E-state index contributed by atoms with van der Waals surface area (Å²) in [5, 5.41) is 0. The van der Waals surface area contributed by atoms with Gasteiger partial charge >= 0.3 is 0 Å². The molecule has 0 spiro atoms. The largest absolute Gasteiger partial charge is 0.340 e. The second-order valence-electron chi connectivity index (χ2n) is 4.86. The summed E-state index contributed by atoms with van der Waals surface area (Å²) < 4.78 is 0. The van der Waals surface area contributed by atoms with Gasteiger partial charge in [0.05, 0.1) is 0 Å². The standard InChI is InChI=1S/C13H21NO/c1-11-7-5-6-10-14(11)13(15)12-8-3-2-4-9-12/h2-3,11-12H,4-10H2,1H3. The fourth-order valence-corrected chi connectivity index (χ4v) is 2.68. The number of nitrogens with zero attached hydrogens (tertiary/aromatic N) is 1. The Morgan fingerprint density at radius 3 is 2.80 bits per heavy atom. The summed E-state index contributed by atoms with van der Waals surface area (Å²) in [5.41, 5.74) is 0. The molecular formula is C13H21NO. The van der Waals surface area contributed by atoms with Gasteiger partial charge in [0.15, 0.2) is 0 Å². The monoisotopic (exact) mass is 207 g/mol. The zero-order chi connectivity index (χ0) is 10.7. The molecule has 15 heavy (non-hydrogen) atoms. The van der Waals surface area contributed by atoms with Crippen LogP contribution in [0.5, 0.6) is 0 Å². The number of carbonyl (C=O) groups excluding carboxylic acids is 1. The average Bonchev–Trinajstić information content (AvgIpc) is 2.30. The Bertz CT molecular complexity index is 259. The first-order valence-electron chi connectivity index (χ1n) is 6.24. The van der Waals surface area contributed by atoms with Gasteiger partial charge in [-0.3, -0.25) is 4.79 Å². The molecule has 0 aromatic heterocycles. The molecule has 1 aliphatic heterocycles. The first-order valence-corrected chi connectivity index (χ1v) is 6.24. The molecule has 84 valence electrons. The third-order valence-corrected chi connectivity index (χ3v) is 3.70. The SMILES string of the molecule is CC1CCCCN1C(=O)C1CC=CCC1. The van der Waals surface area contributed by atoms with Crippen molar-refractivity contribution < 1.29 is 4.79 Å². The Kier molecular flexibility index (Phi) is 3.45. The Morgan fingerprint density at radius 2 is 2.13 bits per heavy atom. The number of hydrogen-bond donors (Lipinski definition) is 0. The van der Waals surface area contributed by atoms with Gasteiger partial charge in [-0.1, -0.05) is 12.2 Å². The molecule has 1 saturated heterocycles. The molecule has 1 heterocycles. The van der Waals surface area contributed by atoms with Gasteiger partial charge in [0.1, 0.15) is 0 Å². The highest BCUT2D eigenvalue weighted by molar-refractivity contribution is 5.79. The van der Waals surface area contributed by atoms with E-state index in [1.54, 1.807) is 0 Å². The quantitative estimate of drug-likeness (QED) is 0.605. The van der Waals surface area contributed by atoms with E-state index in [0.29, 0.717) is 11.9 Å². The fraction of sp³-hybridized carbons (Fsp3) is 0.769. The second kappa shape index (κ2) is 4.82. The van der Waals surface area contributed by atoms with Gasteiger partial charge in [-0.25, -0.2) is 0 Å². The van der Waals surface area contributed by atoms with Crippen LogP contribution in [0.15, 0.2) is 12.2 Å². The minimum absolute atomic E-state index is 0.274. The van der Waals surface area contributed by atoms with Crippen LogP contribution in [0.25, 0.3) is 0 Å². The smallest absolute Gasteiger partial charge is 0.226 e. The molecule has 2 rings (SSSR count). The number of allylic oxidation sites excluding steroid dienone is 2. The molecule has 0 aromatic carbocycles. The van der Waals surface area contributed by atoms with Crippen molar-refractivity contribution in [3.63, 3.8) is 0 Å². The highest BCUT2D eigenvalue weighted by Gasteiger charge is 2.28. The minimum Gasteiger partial charge on any atom is -0.340 e. The molecule has 1 amide bonds. The van der Waals surface area contributed by atoms with Crippen molar-refractivity contribution in [2.45, 2.75) is 51.5 Å². The molecule has 1 aliphatic carbocycles. The van der Waals surface area contributed by atoms with Crippen molar-refractivity contribution in [1.29, 1.82) is 0 Å². The van der Waals surface area contributed by atoms with Crippen LogP contribution in [0, 0.1) is 5.92 Å². The van der Waals surface area contributed by atoms with Crippen molar-refractivity contribution in [1.82, 2.24) is 4.90 Å². The summed E-state index contributed by atoms with van der Waals surface area (Å²) in [4.78, 5) is 14.4. The molecule has 2 heteroatoms. The predicted molar refractivity (Wildman–Crippen MR) is 61.5 cm³/mol. The number of amides is 1. The lowest BCUT2D eigenvalue weighted by Gasteiger charge is -2.36. The maximum Gasteiger partial charge on any atom is 0.226 e. The zero-order valence-corrected chi connectivity index (χ0v) is 9.61. The van der Waals surface area contributed by atoms with E-state index in [0.717, 1.165) is 25.8 Å². The summed E-state index contributed by atoms with van der Waals surface area (Å²) >= 11 is 0. The van der Waals surface area contributed by atoms with E-state index in [1.807, 2.05) is 0 Å². The van der Waals surface area contributed by atoms with Crippen LogP contribution in [0.4, 0.5) is 0 Å². The summed E-state index contributed by atoms with van der Waals surface area (Å²) in [5.74, 6) is 0.683. The molecule has 0 saturated carbocycles. The first kappa shape index (κ1) is 10.7. The Hall–Kier alpha value is -0.790. The number of hydrogen-bond acceptors (Lipinski definition) is 1. The van der Waals surface area contributed by atoms with Crippen molar-refractivity contribution in [3.05, 3.63) is 12.2 Å². The normalized spacial score (nSPS) is 31.7. The van der Waals surface area contributed by atoms with Gasteiger partial charge in [-0.2, -0.15) is 0 Å². The van der Waals surface area contributed by atoms with Gasteiger partial charge in [0, 0.05) is 18.5 Å². The van der Waals surface area contributed by atoms with Crippen LogP contribution >= 0.6 is 0 Å². The highest BCUT2D eigenvalue weighted by Crippen LogP contribution is 2.25. The molecule has 0 radical (unpaired) electrons. The van der Waals surface area contributed by atoms with E-state index >= 15 is 0 Å². The first-order chi connectivity index (χ1) is 7.29. The topological polar surface area (TPSA) is 20.3 Å². The van der Waals surface area contributed by atoms with Crippen LogP contribution in [0.2, 0.25) is 0 Å².